The van der Waals surface area contributed by atoms with Crippen molar-refractivity contribution in [3.8, 4) is 34.5 Å². The van der Waals surface area contributed by atoms with Crippen LogP contribution in [0.4, 0.5) is 5.69 Å². The van der Waals surface area contributed by atoms with Gasteiger partial charge in [-0.05, 0) is 42.5 Å². The summed E-state index contributed by atoms with van der Waals surface area (Å²) >= 11 is 0. The smallest absolute Gasteiger partial charge is 0.183 e. The van der Waals surface area contributed by atoms with E-state index in [0.29, 0.717) is 24.7 Å². The summed E-state index contributed by atoms with van der Waals surface area (Å²) in [5, 5.41) is 9.75. The van der Waals surface area contributed by atoms with Crippen molar-refractivity contribution in [1.82, 2.24) is 15.0 Å². The van der Waals surface area contributed by atoms with Crippen molar-refractivity contribution in [1.29, 1.82) is 5.26 Å². The Morgan fingerprint density at radius 1 is 0.917 bits per heavy atom. The third-order valence-corrected chi connectivity index (χ3v) is 6.73. The van der Waals surface area contributed by atoms with Gasteiger partial charge in [0.2, 0.25) is 0 Å². The number of ether oxygens (including phenoxy) is 3. The molecule has 0 atom stereocenters. The third-order valence-electron chi connectivity index (χ3n) is 6.73. The van der Waals surface area contributed by atoms with E-state index in [1.165, 1.54) is 5.69 Å². The SMILES string of the molecule is N#Cc1nc(-c2cccc3[nH]c(-c4ccc(N5CCOCC5)cc4)nc23)ccc1OC1CCOCC1. The minimum atomic E-state index is 0.0467. The quantitative estimate of drug-likeness (QED) is 0.446. The summed E-state index contributed by atoms with van der Waals surface area (Å²) in [6.07, 6.45) is 1.68. The summed E-state index contributed by atoms with van der Waals surface area (Å²) in [5.74, 6) is 1.31. The number of aromatic nitrogens is 3. The second-order valence-corrected chi connectivity index (χ2v) is 9.02. The van der Waals surface area contributed by atoms with Gasteiger partial charge in [-0.15, -0.1) is 0 Å². The maximum absolute atomic E-state index is 9.75. The highest BCUT2D eigenvalue weighted by Gasteiger charge is 2.19. The maximum Gasteiger partial charge on any atom is 0.183 e. The molecule has 2 fully saturated rings. The van der Waals surface area contributed by atoms with Gasteiger partial charge in [-0.3, -0.25) is 0 Å². The second kappa shape index (κ2) is 9.97. The fourth-order valence-corrected chi connectivity index (χ4v) is 4.77. The molecule has 6 rings (SSSR count). The zero-order valence-corrected chi connectivity index (χ0v) is 19.9. The standard InChI is InChI=1S/C28H27N5O3/c29-18-25-26(36-21-10-14-34-15-11-21)9-8-23(30-25)22-2-1-3-24-27(22)32-28(31-24)19-4-6-20(7-5-19)33-12-16-35-17-13-33/h1-9,21H,10-17H2,(H,31,32). The van der Waals surface area contributed by atoms with Crippen molar-refractivity contribution in [2.45, 2.75) is 18.9 Å². The lowest BCUT2D eigenvalue weighted by molar-refractivity contribution is 0.0253. The lowest BCUT2D eigenvalue weighted by Crippen LogP contribution is -2.36. The van der Waals surface area contributed by atoms with Crippen LogP contribution in [0.3, 0.4) is 0 Å². The molecule has 2 saturated heterocycles. The summed E-state index contributed by atoms with van der Waals surface area (Å²) in [7, 11) is 0. The zero-order chi connectivity index (χ0) is 24.3. The Hall–Kier alpha value is -3.93. The predicted molar refractivity (Wildman–Crippen MR) is 137 cm³/mol. The molecule has 4 heterocycles. The molecule has 36 heavy (non-hydrogen) atoms. The van der Waals surface area contributed by atoms with Crippen LogP contribution in [-0.2, 0) is 9.47 Å². The van der Waals surface area contributed by atoms with E-state index in [0.717, 1.165) is 67.1 Å². The van der Waals surface area contributed by atoms with Crippen molar-refractivity contribution >= 4 is 16.7 Å². The number of nitrogens with zero attached hydrogens (tertiary/aromatic N) is 4. The number of para-hydroxylation sites is 1. The molecule has 0 saturated carbocycles. The average Bonchev–Trinajstić information content (AvgIpc) is 3.39. The normalized spacial score (nSPS) is 16.7. The number of imidazole rings is 1. The first-order valence-electron chi connectivity index (χ1n) is 12.4. The minimum absolute atomic E-state index is 0.0467. The number of pyridine rings is 1. The Bertz CT molecular complexity index is 1400. The fraction of sp³-hybridized carbons (Fsp3) is 0.321. The van der Waals surface area contributed by atoms with Gasteiger partial charge in [0.1, 0.15) is 18.0 Å². The van der Waals surface area contributed by atoms with E-state index < -0.39 is 0 Å². The van der Waals surface area contributed by atoms with Crippen LogP contribution in [0.25, 0.3) is 33.7 Å². The Morgan fingerprint density at radius 3 is 2.47 bits per heavy atom. The van der Waals surface area contributed by atoms with E-state index >= 15 is 0 Å². The predicted octanol–water partition coefficient (Wildman–Crippen LogP) is 4.56. The number of rotatable bonds is 5. The fourth-order valence-electron chi connectivity index (χ4n) is 4.77. The van der Waals surface area contributed by atoms with Crippen molar-refractivity contribution < 1.29 is 14.2 Å². The van der Waals surface area contributed by atoms with Crippen LogP contribution in [0.15, 0.2) is 54.6 Å². The molecule has 182 valence electrons. The Labute approximate surface area is 209 Å². The Kier molecular flexibility index (Phi) is 6.24. The largest absolute Gasteiger partial charge is 0.487 e. The summed E-state index contributed by atoms with van der Waals surface area (Å²) in [6.45, 7) is 4.69. The molecule has 8 nitrogen and oxygen atoms in total. The number of aromatic amines is 1. The zero-order valence-electron chi connectivity index (χ0n) is 19.9. The number of hydrogen-bond acceptors (Lipinski definition) is 7. The van der Waals surface area contributed by atoms with Gasteiger partial charge in [-0.2, -0.15) is 5.26 Å². The monoisotopic (exact) mass is 481 g/mol. The average molecular weight is 482 g/mol. The molecule has 2 aromatic carbocycles. The molecular formula is C28H27N5O3. The first-order chi connectivity index (χ1) is 17.8. The van der Waals surface area contributed by atoms with E-state index in [4.69, 9.17) is 19.2 Å². The van der Waals surface area contributed by atoms with Gasteiger partial charge in [-0.1, -0.05) is 12.1 Å². The van der Waals surface area contributed by atoms with Gasteiger partial charge < -0.3 is 24.1 Å². The maximum atomic E-state index is 9.75. The molecule has 2 aliphatic rings. The van der Waals surface area contributed by atoms with Gasteiger partial charge >= 0.3 is 0 Å². The van der Waals surface area contributed by atoms with Gasteiger partial charge in [0, 0.05) is 42.7 Å². The van der Waals surface area contributed by atoms with E-state index in [9.17, 15) is 5.26 Å². The number of morpholine rings is 1. The van der Waals surface area contributed by atoms with Crippen LogP contribution in [-0.4, -0.2) is 60.6 Å². The van der Waals surface area contributed by atoms with E-state index in [-0.39, 0.29) is 11.8 Å². The first kappa shape index (κ1) is 22.5. The molecule has 0 amide bonds. The second-order valence-electron chi connectivity index (χ2n) is 9.02. The van der Waals surface area contributed by atoms with E-state index in [1.54, 1.807) is 0 Å². The summed E-state index contributed by atoms with van der Waals surface area (Å²) in [6, 6.07) is 20.4. The van der Waals surface area contributed by atoms with Crippen molar-refractivity contribution in [3.05, 3.63) is 60.3 Å². The number of nitrogens with one attached hydrogen (secondary N) is 1. The topological polar surface area (TPSA) is 96.3 Å². The Balaban J connectivity index is 1.29. The molecule has 0 unspecified atom stereocenters. The van der Waals surface area contributed by atoms with Gasteiger partial charge in [0.15, 0.2) is 11.4 Å². The molecule has 0 radical (unpaired) electrons. The molecule has 1 N–H and O–H groups in total. The van der Waals surface area contributed by atoms with Crippen LogP contribution in [0.5, 0.6) is 5.75 Å². The highest BCUT2D eigenvalue weighted by molar-refractivity contribution is 5.93. The van der Waals surface area contributed by atoms with Crippen molar-refractivity contribution in [2.24, 2.45) is 0 Å². The molecule has 4 aromatic rings. The van der Waals surface area contributed by atoms with Crippen LogP contribution >= 0.6 is 0 Å². The molecule has 0 aliphatic carbocycles. The molecule has 8 heteroatoms. The molecule has 0 bridgehead atoms. The number of benzene rings is 2. The van der Waals surface area contributed by atoms with Crippen molar-refractivity contribution in [2.75, 3.05) is 44.4 Å². The number of H-pyrrole nitrogens is 1. The first-order valence-corrected chi connectivity index (χ1v) is 12.4. The third kappa shape index (κ3) is 4.51. The highest BCUT2D eigenvalue weighted by atomic mass is 16.5. The molecule has 2 aliphatic heterocycles. The van der Waals surface area contributed by atoms with Crippen LogP contribution in [0.1, 0.15) is 18.5 Å². The molecule has 2 aromatic heterocycles. The highest BCUT2D eigenvalue weighted by Crippen LogP contribution is 2.31. The Morgan fingerprint density at radius 2 is 1.69 bits per heavy atom. The van der Waals surface area contributed by atoms with Crippen LogP contribution in [0.2, 0.25) is 0 Å². The van der Waals surface area contributed by atoms with Crippen LogP contribution < -0.4 is 9.64 Å². The summed E-state index contributed by atoms with van der Waals surface area (Å²) in [5.41, 5.74) is 5.79. The summed E-state index contributed by atoms with van der Waals surface area (Å²) < 4.78 is 16.9. The number of nitriles is 1. The lowest BCUT2D eigenvalue weighted by atomic mass is 10.1. The molecule has 0 spiro atoms. The van der Waals surface area contributed by atoms with E-state index in [1.807, 2.05) is 30.3 Å². The molecular weight excluding hydrogens is 454 g/mol. The minimum Gasteiger partial charge on any atom is -0.487 e. The van der Waals surface area contributed by atoms with Crippen LogP contribution in [0, 0.1) is 11.3 Å². The number of fused-ring (bicyclic) bond motifs is 1. The lowest BCUT2D eigenvalue weighted by Gasteiger charge is -2.28. The summed E-state index contributed by atoms with van der Waals surface area (Å²) in [4.78, 5) is 15.3. The van der Waals surface area contributed by atoms with Gasteiger partial charge in [-0.25, -0.2) is 9.97 Å². The van der Waals surface area contributed by atoms with Gasteiger partial charge in [0.25, 0.3) is 0 Å². The number of anilines is 1. The van der Waals surface area contributed by atoms with Crippen molar-refractivity contribution in [3.63, 3.8) is 0 Å². The van der Waals surface area contributed by atoms with Gasteiger partial charge in [0.05, 0.1) is 43.2 Å². The number of hydrogen-bond donors (Lipinski definition) is 1. The van der Waals surface area contributed by atoms with E-state index in [2.05, 4.69) is 45.2 Å².